The standard InChI is InChI=1S/C13H13IN2O4/c1-20-13(19)8-6-11(17)15-16(7-8)12(18)9-4-2-3-5-10(9)14/h2-5,8H,6-7H2,1H3,(H,15,17). The monoisotopic (exact) mass is 388 g/mol. The van der Waals surface area contributed by atoms with Crippen LogP contribution in [-0.4, -0.2) is 36.4 Å². The third kappa shape index (κ3) is 3.09. The first-order valence-electron chi connectivity index (χ1n) is 5.96. The number of esters is 1. The quantitative estimate of drug-likeness (QED) is 0.605. The van der Waals surface area contributed by atoms with Gasteiger partial charge in [-0.05, 0) is 34.7 Å². The highest BCUT2D eigenvalue weighted by molar-refractivity contribution is 14.1. The van der Waals surface area contributed by atoms with Gasteiger partial charge in [-0.15, -0.1) is 0 Å². The molecule has 0 aliphatic carbocycles. The average molecular weight is 388 g/mol. The maximum absolute atomic E-state index is 12.4. The molecule has 1 atom stereocenters. The van der Waals surface area contributed by atoms with Crippen molar-refractivity contribution in [3.8, 4) is 0 Å². The summed E-state index contributed by atoms with van der Waals surface area (Å²) >= 11 is 2.05. The van der Waals surface area contributed by atoms with Crippen LogP contribution in [0.1, 0.15) is 16.8 Å². The highest BCUT2D eigenvalue weighted by Gasteiger charge is 2.34. The average Bonchev–Trinajstić information content (AvgIpc) is 2.45. The number of methoxy groups -OCH3 is 1. The number of benzene rings is 1. The molecule has 1 saturated heterocycles. The summed E-state index contributed by atoms with van der Waals surface area (Å²) in [5, 5.41) is 1.17. The van der Waals surface area contributed by atoms with E-state index in [-0.39, 0.29) is 24.8 Å². The SMILES string of the molecule is COC(=O)C1CC(=O)NN(C(=O)c2ccccc2I)C1. The van der Waals surface area contributed by atoms with Crippen molar-refractivity contribution in [1.29, 1.82) is 0 Å². The number of carbonyl (C=O) groups excluding carboxylic acids is 3. The lowest BCUT2D eigenvalue weighted by Gasteiger charge is -2.31. The maximum atomic E-state index is 12.4. The minimum absolute atomic E-state index is 0.0301. The Kier molecular flexibility index (Phi) is 4.58. The molecule has 1 N–H and O–H groups in total. The van der Waals surface area contributed by atoms with E-state index >= 15 is 0 Å². The molecule has 1 aliphatic rings. The predicted octanol–water partition coefficient (Wildman–Crippen LogP) is 0.957. The van der Waals surface area contributed by atoms with Crippen molar-refractivity contribution in [2.75, 3.05) is 13.7 Å². The zero-order valence-electron chi connectivity index (χ0n) is 10.8. The van der Waals surface area contributed by atoms with Gasteiger partial charge in [-0.25, -0.2) is 5.01 Å². The van der Waals surface area contributed by atoms with E-state index in [1.54, 1.807) is 18.2 Å². The Morgan fingerprint density at radius 2 is 2.10 bits per heavy atom. The van der Waals surface area contributed by atoms with Crippen LogP contribution in [0.5, 0.6) is 0 Å². The normalized spacial score (nSPS) is 18.4. The van der Waals surface area contributed by atoms with Crippen LogP contribution in [0.3, 0.4) is 0 Å². The fourth-order valence-corrected chi connectivity index (χ4v) is 2.61. The van der Waals surface area contributed by atoms with Crippen molar-refractivity contribution < 1.29 is 19.1 Å². The number of hydrogen-bond acceptors (Lipinski definition) is 4. The first kappa shape index (κ1) is 14.8. The van der Waals surface area contributed by atoms with Gasteiger partial charge in [-0.1, -0.05) is 12.1 Å². The fraction of sp³-hybridized carbons (Fsp3) is 0.308. The second-order valence-electron chi connectivity index (χ2n) is 4.35. The van der Waals surface area contributed by atoms with Crippen LogP contribution in [0.15, 0.2) is 24.3 Å². The van der Waals surface area contributed by atoms with Crippen LogP contribution in [0.4, 0.5) is 0 Å². The van der Waals surface area contributed by atoms with Crippen LogP contribution in [0, 0.1) is 9.49 Å². The van der Waals surface area contributed by atoms with Gasteiger partial charge in [-0.3, -0.25) is 19.8 Å². The van der Waals surface area contributed by atoms with E-state index in [4.69, 9.17) is 0 Å². The Balaban J connectivity index is 2.19. The number of nitrogens with zero attached hydrogens (tertiary/aromatic N) is 1. The van der Waals surface area contributed by atoms with Crippen LogP contribution >= 0.6 is 22.6 Å². The van der Waals surface area contributed by atoms with Crippen LogP contribution in [-0.2, 0) is 14.3 Å². The molecule has 1 unspecified atom stereocenters. The molecule has 7 heteroatoms. The Bertz CT molecular complexity index is 561. The minimum Gasteiger partial charge on any atom is -0.469 e. The van der Waals surface area contributed by atoms with Crippen molar-refractivity contribution >= 4 is 40.4 Å². The van der Waals surface area contributed by atoms with Gasteiger partial charge in [-0.2, -0.15) is 0 Å². The van der Waals surface area contributed by atoms with Crippen LogP contribution < -0.4 is 5.43 Å². The van der Waals surface area contributed by atoms with Crippen LogP contribution in [0.25, 0.3) is 0 Å². The van der Waals surface area contributed by atoms with Crippen molar-refractivity contribution in [2.45, 2.75) is 6.42 Å². The molecule has 6 nitrogen and oxygen atoms in total. The Morgan fingerprint density at radius 1 is 1.40 bits per heavy atom. The number of nitrogens with one attached hydrogen (secondary N) is 1. The van der Waals surface area contributed by atoms with E-state index in [9.17, 15) is 14.4 Å². The lowest BCUT2D eigenvalue weighted by atomic mass is 10.0. The highest BCUT2D eigenvalue weighted by atomic mass is 127. The summed E-state index contributed by atoms with van der Waals surface area (Å²) in [5.41, 5.74) is 2.97. The second-order valence-corrected chi connectivity index (χ2v) is 5.52. The molecule has 2 rings (SSSR count). The van der Waals surface area contributed by atoms with E-state index in [0.717, 1.165) is 3.57 Å². The van der Waals surface area contributed by atoms with Crippen molar-refractivity contribution in [1.82, 2.24) is 10.4 Å². The molecule has 1 fully saturated rings. The van der Waals surface area contributed by atoms with E-state index in [2.05, 4.69) is 32.8 Å². The number of halogens is 1. The molecular weight excluding hydrogens is 375 g/mol. The molecule has 1 aromatic carbocycles. The third-order valence-electron chi connectivity index (χ3n) is 2.98. The van der Waals surface area contributed by atoms with Gasteiger partial charge in [0.15, 0.2) is 0 Å². The topological polar surface area (TPSA) is 75.7 Å². The largest absolute Gasteiger partial charge is 0.469 e. The number of hydrazine groups is 1. The van der Waals surface area contributed by atoms with Gasteiger partial charge in [0.1, 0.15) is 0 Å². The summed E-state index contributed by atoms with van der Waals surface area (Å²) in [4.78, 5) is 35.5. The van der Waals surface area contributed by atoms with Crippen LogP contribution in [0.2, 0.25) is 0 Å². The van der Waals surface area contributed by atoms with Gasteiger partial charge in [0.25, 0.3) is 5.91 Å². The number of carbonyl (C=O) groups is 3. The molecule has 0 bridgehead atoms. The molecule has 2 amide bonds. The smallest absolute Gasteiger partial charge is 0.311 e. The predicted molar refractivity (Wildman–Crippen MR) is 78.5 cm³/mol. The number of rotatable bonds is 2. The summed E-state index contributed by atoms with van der Waals surface area (Å²) in [7, 11) is 1.27. The highest BCUT2D eigenvalue weighted by Crippen LogP contribution is 2.18. The third-order valence-corrected chi connectivity index (χ3v) is 3.92. The fourth-order valence-electron chi connectivity index (χ4n) is 1.99. The maximum Gasteiger partial charge on any atom is 0.311 e. The summed E-state index contributed by atoms with van der Waals surface area (Å²) in [6, 6.07) is 7.05. The zero-order chi connectivity index (χ0) is 14.7. The lowest BCUT2D eigenvalue weighted by molar-refractivity contribution is -0.151. The summed E-state index contributed by atoms with van der Waals surface area (Å²) < 4.78 is 5.42. The van der Waals surface area contributed by atoms with Crippen molar-refractivity contribution in [3.05, 3.63) is 33.4 Å². The molecular formula is C13H13IN2O4. The first-order valence-corrected chi connectivity index (χ1v) is 7.04. The van der Waals surface area contributed by atoms with Crippen molar-refractivity contribution in [2.24, 2.45) is 5.92 Å². The first-order chi connectivity index (χ1) is 9.52. The van der Waals surface area contributed by atoms with Crippen molar-refractivity contribution in [3.63, 3.8) is 0 Å². The summed E-state index contributed by atoms with van der Waals surface area (Å²) in [6.45, 7) is 0.113. The van der Waals surface area contributed by atoms with E-state index < -0.39 is 11.9 Å². The molecule has 0 aromatic heterocycles. The van der Waals surface area contributed by atoms with Gasteiger partial charge in [0.05, 0.1) is 25.1 Å². The van der Waals surface area contributed by atoms with Gasteiger partial charge < -0.3 is 4.74 Å². The lowest BCUT2D eigenvalue weighted by Crippen LogP contribution is -2.54. The van der Waals surface area contributed by atoms with E-state index in [1.165, 1.54) is 12.1 Å². The summed E-state index contributed by atoms with van der Waals surface area (Å²) in [6.07, 6.45) is 0.0301. The van der Waals surface area contributed by atoms with Gasteiger partial charge in [0, 0.05) is 9.99 Å². The molecule has 1 aromatic rings. The number of hydrogen-bond donors (Lipinski definition) is 1. The molecule has 106 valence electrons. The minimum atomic E-state index is -0.626. The Morgan fingerprint density at radius 3 is 2.75 bits per heavy atom. The van der Waals surface area contributed by atoms with Gasteiger partial charge >= 0.3 is 5.97 Å². The second kappa shape index (κ2) is 6.21. The Hall–Kier alpha value is -1.64. The Labute approximate surface area is 129 Å². The molecule has 1 aliphatic heterocycles. The molecule has 0 saturated carbocycles. The molecule has 20 heavy (non-hydrogen) atoms. The molecule has 0 radical (unpaired) electrons. The summed E-state index contributed by atoms with van der Waals surface area (Å²) in [5.74, 6) is -1.82. The number of amides is 2. The zero-order valence-corrected chi connectivity index (χ0v) is 12.9. The van der Waals surface area contributed by atoms with E-state index in [0.29, 0.717) is 5.56 Å². The number of ether oxygens (including phenoxy) is 1. The van der Waals surface area contributed by atoms with E-state index in [1.807, 2.05) is 6.07 Å². The molecule has 1 heterocycles. The molecule has 0 spiro atoms. The van der Waals surface area contributed by atoms with Gasteiger partial charge in [0.2, 0.25) is 5.91 Å².